The van der Waals surface area contributed by atoms with Crippen LogP contribution in [0.3, 0.4) is 0 Å². The molecule has 1 aromatic carbocycles. The Bertz CT molecular complexity index is 848. The number of hydrogen-bond acceptors (Lipinski definition) is 6. The first-order chi connectivity index (χ1) is 14.0. The van der Waals surface area contributed by atoms with Crippen LogP contribution in [0.2, 0.25) is 0 Å². The Kier molecular flexibility index (Phi) is 5.08. The predicted molar refractivity (Wildman–Crippen MR) is 102 cm³/mol. The first-order valence-electron chi connectivity index (χ1n) is 9.69. The van der Waals surface area contributed by atoms with Crippen LogP contribution in [0, 0.1) is 23.7 Å². The Hall–Kier alpha value is -3.16. The number of rotatable bonds is 7. The second-order valence-corrected chi connectivity index (χ2v) is 7.43. The molecule has 2 bridgehead atoms. The van der Waals surface area contributed by atoms with E-state index in [1.807, 2.05) is 19.1 Å². The van der Waals surface area contributed by atoms with Crippen molar-refractivity contribution in [1.82, 2.24) is 4.90 Å². The molecule has 2 fully saturated rings. The van der Waals surface area contributed by atoms with Gasteiger partial charge in [-0.15, -0.1) is 0 Å². The zero-order valence-corrected chi connectivity index (χ0v) is 16.0. The quantitative estimate of drug-likeness (QED) is 0.423. The number of carbonyl (C=O) groups is 4. The molecular formula is C21H22N2O6. The normalized spacial score (nSPS) is 26.6. The van der Waals surface area contributed by atoms with Gasteiger partial charge in [-0.25, -0.2) is 0 Å². The lowest BCUT2D eigenvalue weighted by molar-refractivity contribution is -0.154. The molecule has 8 heteroatoms. The van der Waals surface area contributed by atoms with Gasteiger partial charge in [0.1, 0.15) is 12.3 Å². The van der Waals surface area contributed by atoms with Crippen molar-refractivity contribution in [2.75, 3.05) is 25.1 Å². The smallest absolute Gasteiger partial charge is 0.326 e. The van der Waals surface area contributed by atoms with E-state index in [0.717, 1.165) is 11.3 Å². The van der Waals surface area contributed by atoms with E-state index in [0.29, 0.717) is 18.0 Å². The van der Waals surface area contributed by atoms with Gasteiger partial charge in [-0.3, -0.25) is 24.1 Å². The van der Waals surface area contributed by atoms with E-state index in [4.69, 9.17) is 9.47 Å². The van der Waals surface area contributed by atoms with Crippen molar-refractivity contribution >= 4 is 29.4 Å². The van der Waals surface area contributed by atoms with Crippen molar-refractivity contribution in [2.24, 2.45) is 23.7 Å². The average molecular weight is 398 g/mol. The number of nitrogens with zero attached hydrogens (tertiary/aromatic N) is 1. The lowest BCUT2D eigenvalue weighted by Gasteiger charge is -2.16. The molecular weight excluding hydrogens is 376 g/mol. The monoisotopic (exact) mass is 398 g/mol. The highest BCUT2D eigenvalue weighted by atomic mass is 16.5. The fourth-order valence-electron chi connectivity index (χ4n) is 4.44. The number of fused-ring (bicyclic) bond motifs is 5. The van der Waals surface area contributed by atoms with Crippen molar-refractivity contribution in [3.05, 3.63) is 36.4 Å². The van der Waals surface area contributed by atoms with Gasteiger partial charge in [0.2, 0.25) is 11.8 Å². The maximum Gasteiger partial charge on any atom is 0.326 e. The van der Waals surface area contributed by atoms with Gasteiger partial charge in [-0.1, -0.05) is 12.2 Å². The minimum atomic E-state index is -0.783. The summed E-state index contributed by atoms with van der Waals surface area (Å²) in [7, 11) is 0. The maximum atomic E-state index is 12.5. The van der Waals surface area contributed by atoms with Gasteiger partial charge >= 0.3 is 5.97 Å². The van der Waals surface area contributed by atoms with Crippen LogP contribution in [0.1, 0.15) is 13.3 Å². The van der Waals surface area contributed by atoms with E-state index < -0.39 is 25.0 Å². The minimum Gasteiger partial charge on any atom is -0.494 e. The molecule has 1 aromatic rings. The Balaban J connectivity index is 1.25. The average Bonchev–Trinajstić information content (AvgIpc) is 3.38. The van der Waals surface area contributed by atoms with Gasteiger partial charge in [-0.05, 0) is 49.4 Å². The molecule has 0 spiro atoms. The molecule has 1 saturated carbocycles. The molecule has 29 heavy (non-hydrogen) atoms. The van der Waals surface area contributed by atoms with Crippen molar-refractivity contribution in [1.29, 1.82) is 0 Å². The second kappa shape index (κ2) is 7.69. The predicted octanol–water partition coefficient (Wildman–Crippen LogP) is 1.37. The first-order valence-corrected chi connectivity index (χ1v) is 9.69. The number of nitrogens with one attached hydrogen (secondary N) is 1. The molecule has 0 unspecified atom stereocenters. The van der Waals surface area contributed by atoms with Crippen LogP contribution in [0.25, 0.3) is 0 Å². The molecule has 152 valence electrons. The SMILES string of the molecule is CCOc1ccc(NC(=O)COC(=O)CN2C(=O)[C@@H]3[C@H](C2=O)[C@H]2C=C[C@H]3C2)cc1. The number of ether oxygens (including phenoxy) is 2. The number of hydrogen-bond donors (Lipinski definition) is 1. The van der Waals surface area contributed by atoms with Crippen molar-refractivity contribution in [2.45, 2.75) is 13.3 Å². The van der Waals surface area contributed by atoms with E-state index in [1.165, 1.54) is 0 Å². The Labute approximate surface area is 167 Å². The van der Waals surface area contributed by atoms with Crippen LogP contribution in [-0.4, -0.2) is 48.3 Å². The van der Waals surface area contributed by atoms with E-state index in [1.54, 1.807) is 24.3 Å². The van der Waals surface area contributed by atoms with Gasteiger partial charge in [0.05, 0.1) is 18.4 Å². The third kappa shape index (κ3) is 3.62. The van der Waals surface area contributed by atoms with Gasteiger partial charge in [0, 0.05) is 5.69 Å². The third-order valence-electron chi connectivity index (χ3n) is 5.66. The number of anilines is 1. The molecule has 8 nitrogen and oxygen atoms in total. The number of carbonyl (C=O) groups excluding carboxylic acids is 4. The van der Waals surface area contributed by atoms with Gasteiger partial charge in [0.25, 0.3) is 5.91 Å². The molecule has 1 aliphatic heterocycles. The summed E-state index contributed by atoms with van der Waals surface area (Å²) in [5, 5.41) is 2.60. The summed E-state index contributed by atoms with van der Waals surface area (Å²) in [6.45, 7) is 1.46. The van der Waals surface area contributed by atoms with Crippen LogP contribution in [-0.2, 0) is 23.9 Å². The van der Waals surface area contributed by atoms with Crippen LogP contribution in [0.4, 0.5) is 5.69 Å². The largest absolute Gasteiger partial charge is 0.494 e. The topological polar surface area (TPSA) is 102 Å². The van der Waals surface area contributed by atoms with E-state index in [9.17, 15) is 19.2 Å². The zero-order valence-electron chi connectivity index (χ0n) is 16.0. The fraction of sp³-hybridized carbons (Fsp3) is 0.429. The number of likely N-dealkylation sites (tertiary alicyclic amines) is 1. The Morgan fingerprint density at radius 3 is 2.28 bits per heavy atom. The highest BCUT2D eigenvalue weighted by Crippen LogP contribution is 2.52. The summed E-state index contributed by atoms with van der Waals surface area (Å²) >= 11 is 0. The van der Waals surface area contributed by atoms with E-state index in [2.05, 4.69) is 5.32 Å². The minimum absolute atomic E-state index is 0.0855. The molecule has 0 aromatic heterocycles. The highest BCUT2D eigenvalue weighted by molar-refractivity contribution is 6.08. The van der Waals surface area contributed by atoms with Gasteiger partial charge in [-0.2, -0.15) is 0 Å². The van der Waals surface area contributed by atoms with E-state index >= 15 is 0 Å². The fourth-order valence-corrected chi connectivity index (χ4v) is 4.44. The second-order valence-electron chi connectivity index (χ2n) is 7.43. The molecule has 1 heterocycles. The molecule has 2 aliphatic carbocycles. The summed E-state index contributed by atoms with van der Waals surface area (Å²) in [6.07, 6.45) is 4.81. The number of imide groups is 1. The van der Waals surface area contributed by atoms with Crippen LogP contribution in [0.5, 0.6) is 5.75 Å². The first kappa shape index (κ1) is 19.2. The summed E-state index contributed by atoms with van der Waals surface area (Å²) in [6, 6.07) is 6.78. The van der Waals surface area contributed by atoms with Crippen molar-refractivity contribution in [3.63, 3.8) is 0 Å². The highest BCUT2D eigenvalue weighted by Gasteiger charge is 2.59. The summed E-state index contributed by atoms with van der Waals surface area (Å²) in [5.74, 6) is -1.77. The summed E-state index contributed by atoms with van der Waals surface area (Å²) < 4.78 is 10.3. The lowest BCUT2D eigenvalue weighted by atomic mass is 9.85. The zero-order chi connectivity index (χ0) is 20.5. The molecule has 0 radical (unpaired) electrons. The van der Waals surface area contributed by atoms with Crippen LogP contribution in [0.15, 0.2) is 36.4 Å². The van der Waals surface area contributed by atoms with Crippen molar-refractivity contribution < 1.29 is 28.7 Å². The van der Waals surface area contributed by atoms with Gasteiger partial charge in [0.15, 0.2) is 6.61 Å². The Morgan fingerprint density at radius 2 is 1.69 bits per heavy atom. The lowest BCUT2D eigenvalue weighted by Crippen LogP contribution is -2.38. The number of allylic oxidation sites excluding steroid dienone is 2. The Morgan fingerprint density at radius 1 is 1.07 bits per heavy atom. The third-order valence-corrected chi connectivity index (χ3v) is 5.66. The molecule has 1 N–H and O–H groups in total. The number of esters is 1. The molecule has 3 aliphatic rings. The summed E-state index contributed by atoms with van der Waals surface area (Å²) in [4.78, 5) is 50.1. The molecule has 4 atom stereocenters. The summed E-state index contributed by atoms with van der Waals surface area (Å²) in [5.41, 5.74) is 0.537. The van der Waals surface area contributed by atoms with Gasteiger partial charge < -0.3 is 14.8 Å². The maximum absolute atomic E-state index is 12.5. The van der Waals surface area contributed by atoms with E-state index in [-0.39, 0.29) is 35.5 Å². The number of amides is 3. The van der Waals surface area contributed by atoms with Crippen LogP contribution >= 0.6 is 0 Å². The molecule has 4 rings (SSSR count). The molecule has 3 amide bonds. The van der Waals surface area contributed by atoms with Crippen LogP contribution < -0.4 is 10.1 Å². The number of benzene rings is 1. The standard InChI is InChI=1S/C21H22N2O6/c1-2-28-15-7-5-14(6-8-15)22-16(24)11-29-17(25)10-23-20(26)18-12-3-4-13(9-12)19(18)21(23)27/h3-8,12-13,18-19H,2,9-11H2,1H3,(H,22,24)/t12-,13-,18-,19+/m0/s1. The van der Waals surface area contributed by atoms with Crippen molar-refractivity contribution in [3.8, 4) is 5.75 Å². The molecule has 1 saturated heterocycles.